The van der Waals surface area contributed by atoms with Gasteiger partial charge >= 0.3 is 0 Å². The monoisotopic (exact) mass is 496 g/mol. The van der Waals surface area contributed by atoms with Crippen LogP contribution in [0.15, 0.2) is 44.7 Å². The number of halogens is 1. The highest BCUT2D eigenvalue weighted by Crippen LogP contribution is 2.30. The van der Waals surface area contributed by atoms with E-state index >= 15 is 0 Å². The summed E-state index contributed by atoms with van der Waals surface area (Å²) in [7, 11) is -3.57. The number of imidazole rings is 1. The number of amides is 1. The van der Waals surface area contributed by atoms with Gasteiger partial charge in [-0.25, -0.2) is 13.4 Å². The molecule has 1 saturated heterocycles. The smallest absolute Gasteiger partial charge is 0.252 e. The van der Waals surface area contributed by atoms with Crippen molar-refractivity contribution < 1.29 is 13.2 Å². The first-order chi connectivity index (χ1) is 13.8. The third-order valence-electron chi connectivity index (χ3n) is 5.01. The van der Waals surface area contributed by atoms with Gasteiger partial charge in [0.2, 0.25) is 5.91 Å². The molecular weight excluding hydrogens is 476 g/mol. The van der Waals surface area contributed by atoms with Gasteiger partial charge in [-0.15, -0.1) is 11.3 Å². The molecule has 1 N–H and O–H groups in total. The third kappa shape index (κ3) is 4.40. The molecule has 0 aromatic carbocycles. The van der Waals surface area contributed by atoms with Gasteiger partial charge in [-0.3, -0.25) is 4.79 Å². The Morgan fingerprint density at radius 2 is 2.21 bits per heavy atom. The highest BCUT2D eigenvalue weighted by molar-refractivity contribution is 9.11. The zero-order chi connectivity index (χ0) is 20.6. The lowest BCUT2D eigenvalue weighted by atomic mass is 9.99. The molecule has 0 bridgehead atoms. The lowest BCUT2D eigenvalue weighted by molar-refractivity contribution is -0.126. The Kier molecular flexibility index (Phi) is 5.78. The normalized spacial score (nSPS) is 18.2. The summed E-state index contributed by atoms with van der Waals surface area (Å²) in [5.74, 6) is -0.494. The molecule has 3 aromatic heterocycles. The van der Waals surface area contributed by atoms with E-state index in [9.17, 15) is 13.2 Å². The number of hydrogen-bond donors (Lipinski definition) is 1. The van der Waals surface area contributed by atoms with Crippen molar-refractivity contribution in [3.05, 3.63) is 51.7 Å². The Morgan fingerprint density at radius 3 is 2.97 bits per heavy atom. The van der Waals surface area contributed by atoms with Crippen molar-refractivity contribution in [2.24, 2.45) is 5.92 Å². The second kappa shape index (κ2) is 8.17. The number of carbonyl (C=O) groups is 1. The van der Waals surface area contributed by atoms with E-state index in [1.165, 1.54) is 15.6 Å². The molecule has 0 aliphatic carbocycles. The summed E-state index contributed by atoms with van der Waals surface area (Å²) >= 11 is 4.49. The van der Waals surface area contributed by atoms with Gasteiger partial charge in [-0.2, -0.15) is 4.31 Å². The highest BCUT2D eigenvalue weighted by Gasteiger charge is 2.34. The number of carbonyl (C=O) groups excluding carboxylic acids is 1. The Labute approximate surface area is 181 Å². The third-order valence-corrected chi connectivity index (χ3v) is 8.96. The summed E-state index contributed by atoms with van der Waals surface area (Å²) in [6.07, 6.45) is 5.17. The second-order valence-corrected chi connectivity index (χ2v) is 11.8. The van der Waals surface area contributed by atoms with Gasteiger partial charge in [-0.1, -0.05) is 0 Å². The topological polar surface area (TPSA) is 83.8 Å². The van der Waals surface area contributed by atoms with Gasteiger partial charge < -0.3 is 9.72 Å². The number of nitrogens with zero attached hydrogens (tertiary/aromatic N) is 3. The molecule has 0 saturated carbocycles. The van der Waals surface area contributed by atoms with Crippen LogP contribution in [0.2, 0.25) is 0 Å². The van der Waals surface area contributed by atoms with Crippen molar-refractivity contribution in [1.29, 1.82) is 0 Å². The van der Waals surface area contributed by atoms with E-state index in [4.69, 9.17) is 0 Å². The van der Waals surface area contributed by atoms with Crippen LogP contribution in [0.5, 0.6) is 0 Å². The van der Waals surface area contributed by atoms with Crippen LogP contribution in [0.3, 0.4) is 0 Å². The lowest BCUT2D eigenvalue weighted by Crippen LogP contribution is -2.45. The molecule has 0 spiro atoms. The summed E-state index contributed by atoms with van der Waals surface area (Å²) in [4.78, 5) is 17.2. The first kappa shape index (κ1) is 20.5. The molecule has 7 nitrogen and oxygen atoms in total. The summed E-state index contributed by atoms with van der Waals surface area (Å²) in [5.41, 5.74) is 2.74. The molecule has 1 amide bonds. The van der Waals surface area contributed by atoms with Crippen LogP contribution < -0.4 is 5.32 Å². The minimum Gasteiger partial charge on any atom is -0.350 e. The number of sulfonamides is 1. The number of nitrogens with one attached hydrogen (secondary N) is 1. The van der Waals surface area contributed by atoms with E-state index in [1.807, 2.05) is 35.9 Å². The van der Waals surface area contributed by atoms with Gasteiger partial charge in [0, 0.05) is 25.5 Å². The molecule has 0 radical (unpaired) electrons. The lowest BCUT2D eigenvalue weighted by Gasteiger charge is -2.30. The highest BCUT2D eigenvalue weighted by atomic mass is 79.9. The Balaban J connectivity index is 1.40. The molecule has 4 heterocycles. The van der Waals surface area contributed by atoms with Gasteiger partial charge in [0.05, 0.1) is 21.9 Å². The maximum Gasteiger partial charge on any atom is 0.252 e. The molecule has 1 atom stereocenters. The quantitative estimate of drug-likeness (QED) is 0.587. The maximum absolute atomic E-state index is 12.8. The molecule has 1 unspecified atom stereocenters. The Hall–Kier alpha value is -1.75. The molecule has 29 heavy (non-hydrogen) atoms. The molecule has 3 aromatic rings. The fourth-order valence-corrected chi connectivity index (χ4v) is 7.17. The van der Waals surface area contributed by atoms with E-state index in [0.29, 0.717) is 30.1 Å². The van der Waals surface area contributed by atoms with E-state index in [0.717, 1.165) is 20.7 Å². The van der Waals surface area contributed by atoms with Crippen LogP contribution in [0.25, 0.3) is 5.65 Å². The minimum atomic E-state index is -3.57. The van der Waals surface area contributed by atoms with Crippen molar-refractivity contribution in [3.63, 3.8) is 0 Å². The molecule has 154 valence electrons. The van der Waals surface area contributed by atoms with Crippen molar-refractivity contribution in [2.75, 3.05) is 13.1 Å². The maximum atomic E-state index is 12.8. The fraction of sp³-hybridized carbons (Fsp3) is 0.368. The number of thiophene rings is 1. The van der Waals surface area contributed by atoms with Gasteiger partial charge in [0.1, 0.15) is 9.86 Å². The molecule has 1 fully saturated rings. The average Bonchev–Trinajstić information content (AvgIpc) is 3.32. The first-order valence-corrected chi connectivity index (χ1v) is 12.4. The Bertz CT molecular complexity index is 1160. The van der Waals surface area contributed by atoms with Gasteiger partial charge in [-0.05, 0) is 65.5 Å². The molecule has 1 aliphatic heterocycles. The van der Waals surface area contributed by atoms with Crippen LogP contribution in [0.4, 0.5) is 0 Å². The second-order valence-electron chi connectivity index (χ2n) is 7.18. The number of fused-ring (bicyclic) bond motifs is 1. The molecule has 1 aliphatic rings. The Morgan fingerprint density at radius 1 is 1.38 bits per heavy atom. The number of aromatic nitrogens is 2. The average molecular weight is 497 g/mol. The zero-order valence-electron chi connectivity index (χ0n) is 15.8. The van der Waals surface area contributed by atoms with Crippen LogP contribution in [-0.2, 0) is 21.4 Å². The summed E-state index contributed by atoms with van der Waals surface area (Å²) in [6, 6.07) is 7.30. The van der Waals surface area contributed by atoms with Crippen molar-refractivity contribution >= 4 is 48.8 Å². The predicted octanol–water partition coefficient (Wildman–Crippen LogP) is 3.18. The van der Waals surface area contributed by atoms with Crippen molar-refractivity contribution in [3.8, 4) is 0 Å². The first-order valence-electron chi connectivity index (χ1n) is 9.30. The SMILES string of the molecule is Cc1ccn2cc(CNC(=O)C3CCCN(S(=O)(=O)c4ccc(Br)s4)C3)nc2c1. The van der Waals surface area contributed by atoms with E-state index < -0.39 is 10.0 Å². The summed E-state index contributed by atoms with van der Waals surface area (Å²) in [6.45, 7) is 2.97. The van der Waals surface area contributed by atoms with Gasteiger partial charge in [0.15, 0.2) is 0 Å². The van der Waals surface area contributed by atoms with E-state index in [2.05, 4.69) is 26.2 Å². The van der Waals surface area contributed by atoms with Gasteiger partial charge in [0.25, 0.3) is 10.0 Å². The standard InChI is InChI=1S/C19H21BrN4O3S2/c1-13-6-8-23-12-15(22-17(23)9-13)10-21-19(25)14-3-2-7-24(11-14)29(26,27)18-5-4-16(20)28-18/h4-6,8-9,12,14H,2-3,7,10-11H2,1H3,(H,21,25). The summed E-state index contributed by atoms with van der Waals surface area (Å²) < 4.78 is 30.1. The number of rotatable bonds is 5. The molecule has 10 heteroatoms. The number of piperidine rings is 1. The molecular formula is C19H21BrN4O3S2. The van der Waals surface area contributed by atoms with Crippen LogP contribution in [0, 0.1) is 12.8 Å². The predicted molar refractivity (Wildman–Crippen MR) is 115 cm³/mol. The van der Waals surface area contributed by atoms with Crippen LogP contribution in [-0.4, -0.2) is 41.1 Å². The van der Waals surface area contributed by atoms with Crippen LogP contribution >= 0.6 is 27.3 Å². The van der Waals surface area contributed by atoms with E-state index in [-0.39, 0.29) is 18.4 Å². The van der Waals surface area contributed by atoms with Crippen molar-refractivity contribution in [2.45, 2.75) is 30.5 Å². The fourth-order valence-electron chi connectivity index (χ4n) is 3.48. The van der Waals surface area contributed by atoms with Crippen molar-refractivity contribution in [1.82, 2.24) is 19.0 Å². The minimum absolute atomic E-state index is 0.134. The molecule has 4 rings (SSSR count). The van der Waals surface area contributed by atoms with E-state index in [1.54, 1.807) is 12.1 Å². The number of aryl methyl sites for hydroxylation is 1. The number of pyridine rings is 1. The largest absolute Gasteiger partial charge is 0.350 e. The summed E-state index contributed by atoms with van der Waals surface area (Å²) in [5, 5.41) is 2.92. The van der Waals surface area contributed by atoms with Crippen LogP contribution in [0.1, 0.15) is 24.1 Å². The zero-order valence-corrected chi connectivity index (χ0v) is 19.1. The number of hydrogen-bond acceptors (Lipinski definition) is 5.